The van der Waals surface area contributed by atoms with Gasteiger partial charge in [-0.3, -0.25) is 4.79 Å². The predicted octanol–water partition coefficient (Wildman–Crippen LogP) is 3.93. The Morgan fingerprint density at radius 2 is 2.24 bits per heavy atom. The van der Waals surface area contributed by atoms with Crippen LogP contribution >= 0.6 is 0 Å². The first-order valence-corrected chi connectivity index (χ1v) is 7.23. The van der Waals surface area contributed by atoms with Gasteiger partial charge >= 0.3 is 5.97 Å². The number of esters is 1. The molecule has 1 saturated carbocycles. The van der Waals surface area contributed by atoms with E-state index in [2.05, 4.69) is 20.8 Å². The van der Waals surface area contributed by atoms with Crippen molar-refractivity contribution in [1.29, 1.82) is 0 Å². The average Bonchev–Trinajstić information content (AvgIpc) is 2.25. The van der Waals surface area contributed by atoms with Gasteiger partial charge < -0.3 is 4.74 Å². The Bertz CT molecular complexity index is 287. The lowest BCUT2D eigenvalue weighted by molar-refractivity contribution is -0.170. The number of hydrogen-bond acceptors (Lipinski definition) is 2. The first kappa shape index (κ1) is 12.9. The molecule has 0 spiro atoms. The summed E-state index contributed by atoms with van der Waals surface area (Å²) >= 11 is 0. The van der Waals surface area contributed by atoms with E-state index < -0.39 is 0 Å². The van der Waals surface area contributed by atoms with Crippen molar-refractivity contribution < 1.29 is 9.53 Å². The molecule has 2 nitrogen and oxygen atoms in total. The smallest absolute Gasteiger partial charge is 0.306 e. The van der Waals surface area contributed by atoms with Crippen LogP contribution in [0.5, 0.6) is 0 Å². The van der Waals surface area contributed by atoms with Gasteiger partial charge in [0.05, 0.1) is 0 Å². The highest BCUT2D eigenvalue weighted by molar-refractivity contribution is 5.70. The number of unbranched alkanes of at least 4 members (excludes halogenated alkanes) is 1. The van der Waals surface area contributed by atoms with Gasteiger partial charge in [-0.05, 0) is 42.9 Å². The van der Waals surface area contributed by atoms with Gasteiger partial charge in [0, 0.05) is 6.42 Å². The molecule has 0 aromatic rings. The first-order chi connectivity index (χ1) is 8.04. The quantitative estimate of drug-likeness (QED) is 0.696. The van der Waals surface area contributed by atoms with E-state index in [0.29, 0.717) is 23.7 Å². The summed E-state index contributed by atoms with van der Waals surface area (Å²) in [6.07, 6.45) is 8.35. The van der Waals surface area contributed by atoms with Crippen LogP contribution in [0.25, 0.3) is 0 Å². The lowest BCUT2D eigenvalue weighted by Crippen LogP contribution is -2.45. The van der Waals surface area contributed by atoms with Gasteiger partial charge in [0.25, 0.3) is 0 Å². The van der Waals surface area contributed by atoms with E-state index >= 15 is 0 Å². The zero-order valence-corrected chi connectivity index (χ0v) is 11.5. The molecule has 4 unspecified atom stereocenters. The topological polar surface area (TPSA) is 26.3 Å². The number of carbonyl (C=O) groups excluding carboxylic acids is 1. The second kappa shape index (κ2) is 4.99. The zero-order chi connectivity index (χ0) is 12.5. The SMILES string of the molecule is CCCCC1(C)CCC2C(C)CC(=O)OC2C1. The molecule has 0 aromatic carbocycles. The molecule has 4 atom stereocenters. The molecular formula is C15H26O2. The predicted molar refractivity (Wildman–Crippen MR) is 68.6 cm³/mol. The van der Waals surface area contributed by atoms with Crippen LogP contribution in [0.3, 0.4) is 0 Å². The number of fused-ring (bicyclic) bond motifs is 1. The third kappa shape index (κ3) is 2.83. The summed E-state index contributed by atoms with van der Waals surface area (Å²) in [5.74, 6) is 1.18. The molecule has 0 amide bonds. The highest BCUT2D eigenvalue weighted by atomic mass is 16.5. The Labute approximate surface area is 105 Å². The Morgan fingerprint density at radius 3 is 2.94 bits per heavy atom. The molecule has 2 fully saturated rings. The number of carbonyl (C=O) groups is 1. The molecule has 1 aliphatic carbocycles. The van der Waals surface area contributed by atoms with Crippen molar-refractivity contribution in [2.75, 3.05) is 0 Å². The largest absolute Gasteiger partial charge is 0.462 e. The average molecular weight is 238 g/mol. The third-order valence-corrected chi connectivity index (χ3v) is 4.89. The molecule has 1 aliphatic heterocycles. The molecule has 0 N–H and O–H groups in total. The molecule has 17 heavy (non-hydrogen) atoms. The van der Waals surface area contributed by atoms with E-state index in [9.17, 15) is 4.79 Å². The van der Waals surface area contributed by atoms with Gasteiger partial charge in [-0.15, -0.1) is 0 Å². The van der Waals surface area contributed by atoms with Crippen molar-refractivity contribution in [3.05, 3.63) is 0 Å². The summed E-state index contributed by atoms with van der Waals surface area (Å²) in [7, 11) is 0. The van der Waals surface area contributed by atoms with Crippen molar-refractivity contribution in [2.45, 2.75) is 71.8 Å². The molecule has 2 aliphatic rings. The van der Waals surface area contributed by atoms with Gasteiger partial charge in [0.2, 0.25) is 0 Å². The van der Waals surface area contributed by atoms with E-state index in [1.165, 1.54) is 32.1 Å². The van der Waals surface area contributed by atoms with E-state index in [1.54, 1.807) is 0 Å². The maximum atomic E-state index is 11.5. The van der Waals surface area contributed by atoms with Crippen LogP contribution < -0.4 is 0 Å². The molecule has 1 heterocycles. The number of ether oxygens (including phenoxy) is 1. The monoisotopic (exact) mass is 238 g/mol. The standard InChI is InChI=1S/C15H26O2/c1-4-5-7-15(3)8-6-12-11(2)9-14(16)17-13(12)10-15/h11-13H,4-10H2,1-3H3. The summed E-state index contributed by atoms with van der Waals surface area (Å²) in [6, 6.07) is 0. The van der Waals surface area contributed by atoms with Crippen molar-refractivity contribution in [2.24, 2.45) is 17.3 Å². The van der Waals surface area contributed by atoms with Crippen LogP contribution in [0.15, 0.2) is 0 Å². The second-order valence-corrected chi connectivity index (χ2v) is 6.53. The third-order valence-electron chi connectivity index (χ3n) is 4.89. The van der Waals surface area contributed by atoms with Gasteiger partial charge in [0.15, 0.2) is 0 Å². The Kier molecular flexibility index (Phi) is 3.79. The molecule has 2 heteroatoms. The fourth-order valence-electron chi connectivity index (χ4n) is 3.68. The van der Waals surface area contributed by atoms with Crippen molar-refractivity contribution in [3.63, 3.8) is 0 Å². The Balaban J connectivity index is 1.99. The second-order valence-electron chi connectivity index (χ2n) is 6.53. The molecule has 2 rings (SSSR count). The highest BCUT2D eigenvalue weighted by Crippen LogP contribution is 2.47. The van der Waals surface area contributed by atoms with Crippen LogP contribution in [0, 0.1) is 17.3 Å². The molecule has 0 aromatic heterocycles. The van der Waals surface area contributed by atoms with Gasteiger partial charge in [-0.1, -0.05) is 33.6 Å². The summed E-state index contributed by atoms with van der Waals surface area (Å²) < 4.78 is 5.60. The zero-order valence-electron chi connectivity index (χ0n) is 11.5. The van der Waals surface area contributed by atoms with Crippen LogP contribution in [-0.4, -0.2) is 12.1 Å². The minimum Gasteiger partial charge on any atom is -0.462 e. The summed E-state index contributed by atoms with van der Waals surface area (Å²) in [6.45, 7) is 6.84. The van der Waals surface area contributed by atoms with E-state index in [0.717, 1.165) is 6.42 Å². The summed E-state index contributed by atoms with van der Waals surface area (Å²) in [5.41, 5.74) is 0.411. The minimum absolute atomic E-state index is 0.0264. The lowest BCUT2D eigenvalue weighted by atomic mass is 9.64. The van der Waals surface area contributed by atoms with E-state index in [4.69, 9.17) is 4.74 Å². The van der Waals surface area contributed by atoms with Crippen LogP contribution in [0.1, 0.15) is 65.7 Å². The summed E-state index contributed by atoms with van der Waals surface area (Å²) in [5, 5.41) is 0. The van der Waals surface area contributed by atoms with Crippen LogP contribution in [0.4, 0.5) is 0 Å². The fourth-order valence-corrected chi connectivity index (χ4v) is 3.68. The van der Waals surface area contributed by atoms with Gasteiger partial charge in [0.1, 0.15) is 6.10 Å². The van der Waals surface area contributed by atoms with E-state index in [-0.39, 0.29) is 12.1 Å². The minimum atomic E-state index is 0.0264. The first-order valence-electron chi connectivity index (χ1n) is 7.23. The lowest BCUT2D eigenvalue weighted by Gasteiger charge is -2.46. The maximum Gasteiger partial charge on any atom is 0.306 e. The molecular weight excluding hydrogens is 212 g/mol. The summed E-state index contributed by atoms with van der Waals surface area (Å²) in [4.78, 5) is 11.5. The Hall–Kier alpha value is -0.530. The number of hydrogen-bond donors (Lipinski definition) is 0. The van der Waals surface area contributed by atoms with Gasteiger partial charge in [-0.2, -0.15) is 0 Å². The van der Waals surface area contributed by atoms with Gasteiger partial charge in [-0.25, -0.2) is 0 Å². The van der Waals surface area contributed by atoms with Crippen molar-refractivity contribution in [3.8, 4) is 0 Å². The molecule has 1 saturated heterocycles. The van der Waals surface area contributed by atoms with Crippen molar-refractivity contribution in [1.82, 2.24) is 0 Å². The van der Waals surface area contributed by atoms with E-state index in [1.807, 2.05) is 0 Å². The Morgan fingerprint density at radius 1 is 1.47 bits per heavy atom. The fraction of sp³-hybridized carbons (Fsp3) is 0.933. The number of rotatable bonds is 3. The maximum absolute atomic E-state index is 11.5. The molecule has 0 radical (unpaired) electrons. The normalized spacial score (nSPS) is 41.8. The highest BCUT2D eigenvalue weighted by Gasteiger charge is 2.44. The van der Waals surface area contributed by atoms with Crippen LogP contribution in [-0.2, 0) is 9.53 Å². The molecule has 98 valence electrons. The van der Waals surface area contributed by atoms with Crippen LogP contribution in [0.2, 0.25) is 0 Å². The van der Waals surface area contributed by atoms with Crippen molar-refractivity contribution >= 4 is 5.97 Å². The molecule has 0 bridgehead atoms.